The van der Waals surface area contributed by atoms with E-state index in [0.717, 1.165) is 31.9 Å². The van der Waals surface area contributed by atoms with E-state index in [0.29, 0.717) is 5.92 Å². The Morgan fingerprint density at radius 1 is 1.30 bits per heavy atom. The maximum atomic E-state index is 10.3. The summed E-state index contributed by atoms with van der Waals surface area (Å²) in [6.07, 6.45) is 0. The van der Waals surface area contributed by atoms with Crippen LogP contribution in [0.5, 0.6) is 0 Å². The Balaban J connectivity index is 1.80. The van der Waals surface area contributed by atoms with E-state index < -0.39 is 5.60 Å². The number of benzene rings is 1. The molecule has 0 radical (unpaired) electrons. The summed E-state index contributed by atoms with van der Waals surface area (Å²) in [5.41, 5.74) is 1.81. The fourth-order valence-corrected chi connectivity index (χ4v) is 2.97. The van der Waals surface area contributed by atoms with E-state index in [2.05, 4.69) is 54.6 Å². The van der Waals surface area contributed by atoms with Gasteiger partial charge in [0.05, 0.1) is 16.8 Å². The molecule has 20 heavy (non-hydrogen) atoms. The topological polar surface area (TPSA) is 41.3 Å². The molecule has 1 aromatic heterocycles. The predicted molar refractivity (Wildman–Crippen MR) is 80.5 cm³/mol. The molecule has 0 unspecified atom stereocenters. The van der Waals surface area contributed by atoms with E-state index in [1.54, 1.807) is 0 Å². The number of hydrogen-bond donors (Lipinski definition) is 1. The van der Waals surface area contributed by atoms with E-state index in [-0.39, 0.29) is 0 Å². The van der Waals surface area contributed by atoms with Crippen molar-refractivity contribution >= 4 is 10.9 Å². The number of hydrogen-bond acceptors (Lipinski definition) is 3. The van der Waals surface area contributed by atoms with Crippen LogP contribution in [0, 0.1) is 5.92 Å². The molecule has 1 fully saturated rings. The van der Waals surface area contributed by atoms with Gasteiger partial charge < -0.3 is 5.11 Å². The maximum absolute atomic E-state index is 10.3. The smallest absolute Gasteiger partial charge is 0.0923 e. The highest BCUT2D eigenvalue weighted by atomic mass is 16.3. The van der Waals surface area contributed by atoms with Crippen molar-refractivity contribution in [1.82, 2.24) is 14.7 Å². The molecule has 4 nitrogen and oxygen atoms in total. The van der Waals surface area contributed by atoms with E-state index in [9.17, 15) is 5.11 Å². The number of aryl methyl sites for hydroxylation is 1. The average molecular weight is 273 g/mol. The molecule has 0 aliphatic carbocycles. The third kappa shape index (κ3) is 2.13. The molecule has 4 heteroatoms. The molecule has 2 aromatic rings. The molecule has 0 amide bonds. The largest absolute Gasteiger partial charge is 0.387 e. The number of fused-ring (bicyclic) bond motifs is 1. The van der Waals surface area contributed by atoms with Crippen LogP contribution in [0.15, 0.2) is 24.3 Å². The van der Waals surface area contributed by atoms with Crippen LogP contribution in [0.1, 0.15) is 26.5 Å². The Labute approximate surface area is 120 Å². The van der Waals surface area contributed by atoms with Crippen molar-refractivity contribution in [1.29, 1.82) is 0 Å². The zero-order chi connectivity index (χ0) is 14.3. The van der Waals surface area contributed by atoms with E-state index in [1.807, 2.05) is 0 Å². The highest BCUT2D eigenvalue weighted by Gasteiger charge is 2.43. The van der Waals surface area contributed by atoms with Crippen LogP contribution in [0.25, 0.3) is 10.9 Å². The van der Waals surface area contributed by atoms with Gasteiger partial charge in [-0.15, -0.1) is 0 Å². The number of nitrogens with zero attached hydrogens (tertiary/aromatic N) is 3. The van der Waals surface area contributed by atoms with Gasteiger partial charge in [-0.2, -0.15) is 5.10 Å². The summed E-state index contributed by atoms with van der Waals surface area (Å²) < 4.78 is 2.05. The molecule has 0 spiro atoms. The zero-order valence-corrected chi connectivity index (χ0v) is 12.5. The van der Waals surface area contributed by atoms with Gasteiger partial charge in [0.15, 0.2) is 0 Å². The van der Waals surface area contributed by atoms with Crippen molar-refractivity contribution < 1.29 is 5.11 Å². The van der Waals surface area contributed by atoms with Gasteiger partial charge in [-0.1, -0.05) is 32.0 Å². The standard InChI is InChI=1S/C16H23N3O/c1-4-19-15-8-6-5-7-13(15)14(17-19)9-18-10-16(20,11-18)12(2)3/h5-8,12,20H,4,9-11H2,1-3H3. The molecule has 1 aliphatic heterocycles. The van der Waals surface area contributed by atoms with Crippen molar-refractivity contribution in [2.75, 3.05) is 13.1 Å². The van der Waals surface area contributed by atoms with Crippen LogP contribution < -0.4 is 0 Å². The highest BCUT2D eigenvalue weighted by Crippen LogP contribution is 2.30. The summed E-state index contributed by atoms with van der Waals surface area (Å²) in [4.78, 5) is 2.27. The van der Waals surface area contributed by atoms with Gasteiger partial charge in [0.1, 0.15) is 0 Å². The lowest BCUT2D eigenvalue weighted by molar-refractivity contribution is -0.131. The Bertz CT molecular complexity index is 611. The van der Waals surface area contributed by atoms with Gasteiger partial charge in [0.2, 0.25) is 0 Å². The van der Waals surface area contributed by atoms with Gasteiger partial charge in [-0.05, 0) is 18.9 Å². The first-order valence-electron chi connectivity index (χ1n) is 7.42. The maximum Gasteiger partial charge on any atom is 0.0923 e. The fraction of sp³-hybridized carbons (Fsp3) is 0.562. The van der Waals surface area contributed by atoms with E-state index >= 15 is 0 Å². The second-order valence-corrected chi connectivity index (χ2v) is 6.18. The summed E-state index contributed by atoms with van der Waals surface area (Å²) in [5, 5.41) is 16.3. The summed E-state index contributed by atoms with van der Waals surface area (Å²) >= 11 is 0. The number of rotatable bonds is 4. The van der Waals surface area contributed by atoms with Gasteiger partial charge in [0.25, 0.3) is 0 Å². The summed E-state index contributed by atoms with van der Waals surface area (Å²) in [6, 6.07) is 8.38. The molecule has 1 saturated heterocycles. The highest BCUT2D eigenvalue weighted by molar-refractivity contribution is 5.81. The first-order chi connectivity index (χ1) is 9.53. The van der Waals surface area contributed by atoms with Gasteiger partial charge in [0, 0.05) is 31.6 Å². The van der Waals surface area contributed by atoms with E-state index in [4.69, 9.17) is 5.10 Å². The Hall–Kier alpha value is -1.39. The SMILES string of the molecule is CCn1nc(CN2CC(O)(C(C)C)C2)c2ccccc21. The molecule has 1 aliphatic rings. The van der Waals surface area contributed by atoms with Crippen LogP contribution >= 0.6 is 0 Å². The minimum atomic E-state index is -0.511. The van der Waals surface area contributed by atoms with Crippen molar-refractivity contribution in [3.63, 3.8) is 0 Å². The van der Waals surface area contributed by atoms with Crippen LogP contribution in [0.3, 0.4) is 0 Å². The molecular formula is C16H23N3O. The average Bonchev–Trinajstić information content (AvgIpc) is 2.75. The monoisotopic (exact) mass is 273 g/mol. The number of likely N-dealkylation sites (tertiary alicyclic amines) is 1. The first kappa shape index (κ1) is 13.6. The summed E-state index contributed by atoms with van der Waals surface area (Å²) in [7, 11) is 0. The molecule has 108 valence electrons. The Kier molecular flexibility index (Phi) is 3.30. The number of β-amino-alcohol motifs (C(OH)–C–C–N with tert-alkyl or cyclic N) is 1. The summed E-state index contributed by atoms with van der Waals surface area (Å²) in [6.45, 7) is 9.48. The third-order valence-corrected chi connectivity index (χ3v) is 4.48. The Morgan fingerprint density at radius 3 is 2.65 bits per heavy atom. The molecule has 1 N–H and O–H groups in total. The lowest BCUT2D eigenvalue weighted by Gasteiger charge is -2.49. The van der Waals surface area contributed by atoms with Crippen LogP contribution in [0.2, 0.25) is 0 Å². The molecule has 2 heterocycles. The normalized spacial score (nSPS) is 18.6. The predicted octanol–water partition coefficient (Wildman–Crippen LogP) is 2.26. The van der Waals surface area contributed by atoms with Crippen molar-refractivity contribution in [2.45, 2.75) is 39.5 Å². The van der Waals surface area contributed by atoms with Gasteiger partial charge >= 0.3 is 0 Å². The molecule has 3 rings (SSSR count). The van der Waals surface area contributed by atoms with Crippen molar-refractivity contribution in [3.8, 4) is 0 Å². The van der Waals surface area contributed by atoms with E-state index in [1.165, 1.54) is 10.9 Å². The minimum absolute atomic E-state index is 0.309. The third-order valence-electron chi connectivity index (χ3n) is 4.48. The van der Waals surface area contributed by atoms with Crippen LogP contribution in [0.4, 0.5) is 0 Å². The van der Waals surface area contributed by atoms with Crippen LogP contribution in [-0.4, -0.2) is 38.5 Å². The number of aromatic nitrogens is 2. The fourth-order valence-electron chi connectivity index (χ4n) is 2.97. The zero-order valence-electron chi connectivity index (χ0n) is 12.5. The van der Waals surface area contributed by atoms with Gasteiger partial charge in [-0.3, -0.25) is 9.58 Å². The minimum Gasteiger partial charge on any atom is -0.387 e. The number of aliphatic hydroxyl groups is 1. The molecular weight excluding hydrogens is 250 g/mol. The Morgan fingerprint density at radius 2 is 2.00 bits per heavy atom. The van der Waals surface area contributed by atoms with Gasteiger partial charge in [-0.25, -0.2) is 0 Å². The molecule has 0 bridgehead atoms. The molecule has 1 aromatic carbocycles. The van der Waals surface area contributed by atoms with Crippen LogP contribution in [-0.2, 0) is 13.1 Å². The lowest BCUT2D eigenvalue weighted by Crippen LogP contribution is -2.63. The quantitative estimate of drug-likeness (QED) is 0.929. The second kappa shape index (κ2) is 4.86. The molecule has 0 atom stereocenters. The second-order valence-electron chi connectivity index (χ2n) is 6.18. The first-order valence-corrected chi connectivity index (χ1v) is 7.42. The van der Waals surface area contributed by atoms with Crippen molar-refractivity contribution in [2.24, 2.45) is 5.92 Å². The lowest BCUT2D eigenvalue weighted by atomic mass is 9.83. The summed E-state index contributed by atoms with van der Waals surface area (Å²) in [5.74, 6) is 0.309. The number of para-hydroxylation sites is 1. The molecule has 0 saturated carbocycles. The van der Waals surface area contributed by atoms with Crippen molar-refractivity contribution in [3.05, 3.63) is 30.0 Å².